The highest BCUT2D eigenvalue weighted by Crippen LogP contribution is 2.23. The molecule has 1 fully saturated rings. The van der Waals surface area contributed by atoms with Gasteiger partial charge in [0.05, 0.1) is 0 Å². The summed E-state index contributed by atoms with van der Waals surface area (Å²) in [5.74, 6) is 0. The molecule has 0 aliphatic carbocycles. The molecule has 1 aliphatic heterocycles. The lowest BCUT2D eigenvalue weighted by Crippen LogP contribution is -2.46. The van der Waals surface area contributed by atoms with Crippen LogP contribution in [-0.4, -0.2) is 49.1 Å². The van der Waals surface area contributed by atoms with Gasteiger partial charge in [0.25, 0.3) is 0 Å². The van der Waals surface area contributed by atoms with E-state index in [1.165, 1.54) is 103 Å². The van der Waals surface area contributed by atoms with Crippen molar-refractivity contribution in [3.8, 4) is 0 Å². The zero-order valence-electron chi connectivity index (χ0n) is 17.4. The summed E-state index contributed by atoms with van der Waals surface area (Å²) in [5, 5.41) is 0. The van der Waals surface area contributed by atoms with Gasteiger partial charge in [0.2, 0.25) is 0 Å². The SMILES string of the molecule is CCCCCCCC(CCCCCCC)N1CCC(N(C)C)CC1. The van der Waals surface area contributed by atoms with E-state index in [1.54, 1.807) is 0 Å². The molecule has 2 heteroatoms. The van der Waals surface area contributed by atoms with Crippen LogP contribution in [0.1, 0.15) is 104 Å². The molecule has 0 atom stereocenters. The van der Waals surface area contributed by atoms with Crippen LogP contribution in [0.2, 0.25) is 0 Å². The summed E-state index contributed by atoms with van der Waals surface area (Å²) in [5.41, 5.74) is 0. The third kappa shape index (κ3) is 9.42. The van der Waals surface area contributed by atoms with E-state index >= 15 is 0 Å². The van der Waals surface area contributed by atoms with Gasteiger partial charge in [-0.1, -0.05) is 78.1 Å². The van der Waals surface area contributed by atoms with Crippen LogP contribution in [0.3, 0.4) is 0 Å². The van der Waals surface area contributed by atoms with E-state index in [0.717, 1.165) is 12.1 Å². The molecule has 0 bridgehead atoms. The van der Waals surface area contributed by atoms with Crippen LogP contribution < -0.4 is 0 Å². The molecule has 0 N–H and O–H groups in total. The Morgan fingerprint density at radius 3 is 1.62 bits per heavy atom. The Labute approximate surface area is 153 Å². The van der Waals surface area contributed by atoms with Gasteiger partial charge in [-0.3, -0.25) is 0 Å². The lowest BCUT2D eigenvalue weighted by atomic mass is 9.95. The van der Waals surface area contributed by atoms with Crippen molar-refractivity contribution in [2.75, 3.05) is 27.2 Å². The van der Waals surface area contributed by atoms with Crippen LogP contribution in [0.4, 0.5) is 0 Å². The molecular formula is C22H46N2. The average Bonchev–Trinajstić information content (AvgIpc) is 2.59. The second kappa shape index (κ2) is 14.1. The molecule has 144 valence electrons. The smallest absolute Gasteiger partial charge is 0.0113 e. The molecule has 1 aliphatic rings. The van der Waals surface area contributed by atoms with Crippen molar-refractivity contribution in [2.45, 2.75) is 116 Å². The minimum absolute atomic E-state index is 0.816. The fourth-order valence-corrected chi connectivity index (χ4v) is 4.24. The van der Waals surface area contributed by atoms with Gasteiger partial charge < -0.3 is 9.80 Å². The highest BCUT2D eigenvalue weighted by molar-refractivity contribution is 4.81. The summed E-state index contributed by atoms with van der Waals surface area (Å²) >= 11 is 0. The first-order valence-corrected chi connectivity index (χ1v) is 11.1. The van der Waals surface area contributed by atoms with Crippen LogP contribution in [0.25, 0.3) is 0 Å². The molecule has 0 radical (unpaired) electrons. The molecule has 1 rings (SSSR count). The summed E-state index contributed by atoms with van der Waals surface area (Å²) in [6.07, 6.45) is 19.9. The fraction of sp³-hybridized carbons (Fsp3) is 1.00. The quantitative estimate of drug-likeness (QED) is 0.353. The van der Waals surface area contributed by atoms with Crippen LogP contribution in [0.5, 0.6) is 0 Å². The monoisotopic (exact) mass is 338 g/mol. The van der Waals surface area contributed by atoms with Gasteiger partial charge in [0, 0.05) is 12.1 Å². The molecule has 0 spiro atoms. The highest BCUT2D eigenvalue weighted by atomic mass is 15.2. The third-order valence-corrected chi connectivity index (χ3v) is 6.03. The van der Waals surface area contributed by atoms with Crippen molar-refractivity contribution >= 4 is 0 Å². The van der Waals surface area contributed by atoms with Crippen LogP contribution in [0, 0.1) is 0 Å². The lowest BCUT2D eigenvalue weighted by molar-refractivity contribution is 0.0967. The number of likely N-dealkylation sites (tertiary alicyclic amines) is 1. The second-order valence-electron chi connectivity index (χ2n) is 8.29. The number of hydrogen-bond donors (Lipinski definition) is 0. The molecule has 0 amide bonds. The summed E-state index contributed by atoms with van der Waals surface area (Å²) in [7, 11) is 4.50. The van der Waals surface area contributed by atoms with Crippen LogP contribution in [0.15, 0.2) is 0 Å². The Morgan fingerprint density at radius 1 is 0.750 bits per heavy atom. The van der Waals surface area contributed by atoms with E-state index in [1.807, 2.05) is 0 Å². The van der Waals surface area contributed by atoms with Gasteiger partial charge in [-0.25, -0.2) is 0 Å². The molecule has 1 saturated heterocycles. The van der Waals surface area contributed by atoms with Gasteiger partial charge in [0.15, 0.2) is 0 Å². The maximum atomic E-state index is 2.85. The van der Waals surface area contributed by atoms with Crippen molar-refractivity contribution in [3.05, 3.63) is 0 Å². The van der Waals surface area contributed by atoms with Crippen molar-refractivity contribution in [2.24, 2.45) is 0 Å². The van der Waals surface area contributed by atoms with Gasteiger partial charge in [-0.2, -0.15) is 0 Å². The predicted molar refractivity (Wildman–Crippen MR) is 109 cm³/mol. The maximum absolute atomic E-state index is 2.85. The minimum atomic E-state index is 0.816. The van der Waals surface area contributed by atoms with Crippen molar-refractivity contribution in [1.82, 2.24) is 9.80 Å². The molecule has 0 aromatic carbocycles. The van der Waals surface area contributed by atoms with E-state index in [2.05, 4.69) is 37.7 Å². The van der Waals surface area contributed by atoms with Gasteiger partial charge >= 0.3 is 0 Å². The Balaban J connectivity index is 2.33. The third-order valence-electron chi connectivity index (χ3n) is 6.03. The molecule has 0 aromatic heterocycles. The van der Waals surface area contributed by atoms with E-state index < -0.39 is 0 Å². The zero-order chi connectivity index (χ0) is 17.6. The summed E-state index contributed by atoms with van der Waals surface area (Å²) in [6, 6.07) is 1.69. The van der Waals surface area contributed by atoms with Crippen molar-refractivity contribution in [3.63, 3.8) is 0 Å². The Kier molecular flexibility index (Phi) is 12.9. The predicted octanol–water partition coefficient (Wildman–Crippen LogP) is 6.10. The summed E-state index contributed by atoms with van der Waals surface area (Å²) in [4.78, 5) is 5.28. The molecule has 0 saturated carbocycles. The number of rotatable bonds is 14. The first-order chi connectivity index (χ1) is 11.7. The van der Waals surface area contributed by atoms with Crippen LogP contribution >= 0.6 is 0 Å². The van der Waals surface area contributed by atoms with Gasteiger partial charge in [0.1, 0.15) is 0 Å². The Bertz CT molecular complexity index is 255. The largest absolute Gasteiger partial charge is 0.306 e. The van der Waals surface area contributed by atoms with E-state index in [-0.39, 0.29) is 0 Å². The zero-order valence-corrected chi connectivity index (χ0v) is 17.4. The first kappa shape index (κ1) is 22.0. The first-order valence-electron chi connectivity index (χ1n) is 11.1. The molecule has 0 unspecified atom stereocenters. The van der Waals surface area contributed by atoms with Gasteiger partial charge in [-0.05, 0) is 52.9 Å². The fourth-order valence-electron chi connectivity index (χ4n) is 4.24. The molecule has 1 heterocycles. The standard InChI is InChI=1S/C22H46N2/c1-5-7-9-11-13-15-22(16-14-12-10-8-6-2)24-19-17-21(18-20-24)23(3)4/h21-22H,5-20H2,1-4H3. The van der Waals surface area contributed by atoms with E-state index in [0.29, 0.717) is 0 Å². The van der Waals surface area contributed by atoms with E-state index in [4.69, 9.17) is 0 Å². The molecule has 24 heavy (non-hydrogen) atoms. The Morgan fingerprint density at radius 2 is 1.21 bits per heavy atom. The number of hydrogen-bond acceptors (Lipinski definition) is 2. The van der Waals surface area contributed by atoms with Crippen molar-refractivity contribution in [1.29, 1.82) is 0 Å². The molecular weight excluding hydrogens is 292 g/mol. The minimum Gasteiger partial charge on any atom is -0.306 e. The summed E-state index contributed by atoms with van der Waals surface area (Å²) in [6.45, 7) is 7.29. The highest BCUT2D eigenvalue weighted by Gasteiger charge is 2.25. The van der Waals surface area contributed by atoms with Gasteiger partial charge in [-0.15, -0.1) is 0 Å². The van der Waals surface area contributed by atoms with Crippen LogP contribution in [-0.2, 0) is 0 Å². The topological polar surface area (TPSA) is 6.48 Å². The number of nitrogens with zero attached hydrogens (tertiary/aromatic N) is 2. The second-order valence-corrected chi connectivity index (χ2v) is 8.29. The molecule has 2 nitrogen and oxygen atoms in total. The van der Waals surface area contributed by atoms with Crippen molar-refractivity contribution < 1.29 is 0 Å². The average molecular weight is 339 g/mol. The normalized spacial score (nSPS) is 17.2. The number of piperidine rings is 1. The summed E-state index contributed by atoms with van der Waals surface area (Å²) < 4.78 is 0. The number of unbranched alkanes of at least 4 members (excludes halogenated alkanes) is 8. The van der Waals surface area contributed by atoms with E-state index in [9.17, 15) is 0 Å². The maximum Gasteiger partial charge on any atom is 0.0113 e. The lowest BCUT2D eigenvalue weighted by Gasteiger charge is -2.40. The Hall–Kier alpha value is -0.0800. The molecule has 0 aromatic rings.